The molecule has 0 radical (unpaired) electrons. The zero-order valence-electron chi connectivity index (χ0n) is 16.7. The van der Waals surface area contributed by atoms with Crippen molar-refractivity contribution >= 4 is 39.3 Å². The Morgan fingerprint density at radius 3 is 2.80 bits per heavy atom. The Kier molecular flexibility index (Phi) is 8.24. The van der Waals surface area contributed by atoms with Crippen LogP contribution in [0.2, 0.25) is 0 Å². The van der Waals surface area contributed by atoms with Crippen LogP contribution < -0.4 is 0 Å². The minimum Gasteiger partial charge on any atom is -0.383 e. The molecule has 1 unspecified atom stereocenters. The number of carbonyl (C=O) groups excluding carboxylic acids is 2. The molecule has 1 atom stereocenters. The van der Waals surface area contributed by atoms with Gasteiger partial charge in [0.2, 0.25) is 23.5 Å². The number of piperidine rings is 1. The normalized spacial score (nSPS) is 16.5. The Bertz CT molecular complexity index is 861. The Labute approximate surface area is 188 Å². The number of carbonyl (C=O) groups is 2. The van der Waals surface area contributed by atoms with Gasteiger partial charge < -0.3 is 19.1 Å². The molecule has 8 nitrogen and oxygen atoms in total. The van der Waals surface area contributed by atoms with E-state index in [1.165, 1.54) is 4.90 Å². The predicted molar refractivity (Wildman–Crippen MR) is 115 cm³/mol. The number of rotatable bonds is 8. The number of aromatic nitrogens is 2. The van der Waals surface area contributed by atoms with Crippen molar-refractivity contribution in [2.75, 3.05) is 39.2 Å². The van der Waals surface area contributed by atoms with Crippen LogP contribution >= 0.6 is 27.5 Å². The maximum absolute atomic E-state index is 13.0. The fourth-order valence-corrected chi connectivity index (χ4v) is 3.84. The van der Waals surface area contributed by atoms with Gasteiger partial charge in [-0.1, -0.05) is 21.1 Å². The number of amides is 2. The largest absolute Gasteiger partial charge is 0.383 e. The first-order valence-electron chi connectivity index (χ1n) is 9.75. The summed E-state index contributed by atoms with van der Waals surface area (Å²) in [6, 6.07) is 7.30. The summed E-state index contributed by atoms with van der Waals surface area (Å²) >= 11 is 9.10. The number of methoxy groups -OCH3 is 1. The van der Waals surface area contributed by atoms with E-state index in [4.69, 9.17) is 20.9 Å². The van der Waals surface area contributed by atoms with Crippen LogP contribution in [0.15, 0.2) is 33.3 Å². The lowest BCUT2D eigenvalue weighted by Crippen LogP contribution is -2.47. The van der Waals surface area contributed by atoms with Crippen molar-refractivity contribution in [1.29, 1.82) is 0 Å². The molecule has 1 fully saturated rings. The van der Waals surface area contributed by atoms with E-state index in [0.29, 0.717) is 31.4 Å². The van der Waals surface area contributed by atoms with Crippen molar-refractivity contribution in [1.82, 2.24) is 19.9 Å². The highest BCUT2D eigenvalue weighted by Gasteiger charge is 2.33. The number of likely N-dealkylation sites (tertiary alicyclic amines) is 1. The lowest BCUT2D eigenvalue weighted by Gasteiger charge is -2.35. The minimum absolute atomic E-state index is 0.0564. The zero-order chi connectivity index (χ0) is 21.5. The maximum atomic E-state index is 13.0. The third-order valence-electron chi connectivity index (χ3n) is 5.01. The first-order valence-corrected chi connectivity index (χ1v) is 11.1. The molecule has 0 aliphatic carbocycles. The van der Waals surface area contributed by atoms with Crippen molar-refractivity contribution in [3.8, 4) is 11.4 Å². The molecule has 3 rings (SSSR count). The molecular weight excluding hydrogens is 476 g/mol. The lowest BCUT2D eigenvalue weighted by molar-refractivity contribution is -0.142. The molecule has 2 amide bonds. The summed E-state index contributed by atoms with van der Waals surface area (Å²) < 4.78 is 11.5. The van der Waals surface area contributed by atoms with E-state index in [1.54, 1.807) is 12.0 Å². The van der Waals surface area contributed by atoms with Gasteiger partial charge in [0.25, 0.3) is 0 Å². The summed E-state index contributed by atoms with van der Waals surface area (Å²) in [5, 5.41) is 4.09. The summed E-state index contributed by atoms with van der Waals surface area (Å²) in [7, 11) is 1.55. The average molecular weight is 500 g/mol. The second-order valence-corrected chi connectivity index (χ2v) is 8.19. The molecule has 1 saturated heterocycles. The molecule has 0 spiro atoms. The molecule has 1 aliphatic heterocycles. The molecule has 1 aromatic carbocycles. The van der Waals surface area contributed by atoms with E-state index >= 15 is 0 Å². The van der Waals surface area contributed by atoms with Crippen LogP contribution in [0.5, 0.6) is 0 Å². The number of ether oxygens (including phenoxy) is 1. The summed E-state index contributed by atoms with van der Waals surface area (Å²) in [5.74, 6) is 0.242. The van der Waals surface area contributed by atoms with Crippen LogP contribution in [0, 0.1) is 0 Å². The number of hydrogen-bond donors (Lipinski definition) is 0. The standard InChI is InChI=1S/C20H24BrClN4O4/c1-29-11-10-25(17(27)12-22)13-18(28)26-9-3-2-4-16(26)20-23-19(24-30-20)14-5-7-15(21)8-6-14/h5-8,16H,2-4,9-13H2,1H3. The molecule has 0 bridgehead atoms. The topological polar surface area (TPSA) is 88.8 Å². The summed E-state index contributed by atoms with van der Waals surface area (Å²) in [6.45, 7) is 1.16. The molecule has 30 heavy (non-hydrogen) atoms. The van der Waals surface area contributed by atoms with Gasteiger partial charge in [0.1, 0.15) is 11.9 Å². The van der Waals surface area contributed by atoms with Gasteiger partial charge in [0.05, 0.1) is 13.2 Å². The number of halogens is 2. The van der Waals surface area contributed by atoms with Crippen LogP contribution in [-0.2, 0) is 14.3 Å². The first kappa shape index (κ1) is 22.7. The molecule has 2 heterocycles. The number of alkyl halides is 1. The van der Waals surface area contributed by atoms with Gasteiger partial charge in [-0.25, -0.2) is 0 Å². The van der Waals surface area contributed by atoms with Crippen LogP contribution in [0.3, 0.4) is 0 Å². The minimum atomic E-state index is -0.307. The number of hydrogen-bond acceptors (Lipinski definition) is 6. The van der Waals surface area contributed by atoms with E-state index in [0.717, 1.165) is 29.3 Å². The summed E-state index contributed by atoms with van der Waals surface area (Å²) in [4.78, 5) is 32.8. The molecule has 162 valence electrons. The molecule has 0 saturated carbocycles. The zero-order valence-corrected chi connectivity index (χ0v) is 19.1. The molecule has 1 aliphatic rings. The highest BCUT2D eigenvalue weighted by atomic mass is 79.9. The lowest BCUT2D eigenvalue weighted by atomic mass is 10.0. The third-order valence-corrected chi connectivity index (χ3v) is 5.77. The summed E-state index contributed by atoms with van der Waals surface area (Å²) in [6.07, 6.45) is 2.57. The van der Waals surface area contributed by atoms with Crippen LogP contribution in [0.4, 0.5) is 0 Å². The van der Waals surface area contributed by atoms with Gasteiger partial charge in [0.15, 0.2) is 0 Å². The maximum Gasteiger partial charge on any atom is 0.249 e. The molecule has 0 N–H and O–H groups in total. The summed E-state index contributed by atoms with van der Waals surface area (Å²) in [5.41, 5.74) is 0.834. The van der Waals surface area contributed by atoms with Crippen LogP contribution in [-0.4, -0.2) is 71.0 Å². The van der Waals surface area contributed by atoms with Crippen LogP contribution in [0.25, 0.3) is 11.4 Å². The Hall–Kier alpha value is -1.97. The Morgan fingerprint density at radius 2 is 2.10 bits per heavy atom. The van der Waals surface area contributed by atoms with Gasteiger partial charge >= 0.3 is 0 Å². The van der Waals surface area contributed by atoms with Crippen molar-refractivity contribution in [2.24, 2.45) is 0 Å². The monoisotopic (exact) mass is 498 g/mol. The Morgan fingerprint density at radius 1 is 1.33 bits per heavy atom. The van der Waals surface area contributed by atoms with Crippen molar-refractivity contribution in [3.63, 3.8) is 0 Å². The van der Waals surface area contributed by atoms with Crippen molar-refractivity contribution in [2.45, 2.75) is 25.3 Å². The number of benzene rings is 1. The third kappa shape index (κ3) is 5.59. The van der Waals surface area contributed by atoms with Gasteiger partial charge in [-0.05, 0) is 43.5 Å². The van der Waals surface area contributed by atoms with Gasteiger partial charge in [-0.3, -0.25) is 9.59 Å². The molecule has 2 aromatic rings. The number of nitrogens with zero attached hydrogens (tertiary/aromatic N) is 4. The molecule has 1 aromatic heterocycles. The van der Waals surface area contributed by atoms with Gasteiger partial charge in [-0.2, -0.15) is 4.98 Å². The second kappa shape index (κ2) is 10.9. The highest BCUT2D eigenvalue weighted by Crippen LogP contribution is 2.31. The molecule has 10 heteroatoms. The van der Waals surface area contributed by atoms with Crippen molar-refractivity contribution in [3.05, 3.63) is 34.6 Å². The van der Waals surface area contributed by atoms with E-state index in [1.807, 2.05) is 24.3 Å². The van der Waals surface area contributed by atoms with Gasteiger partial charge in [0, 0.05) is 30.2 Å². The molecular formula is C20H24BrClN4O4. The first-order chi connectivity index (χ1) is 14.5. The van der Waals surface area contributed by atoms with Crippen molar-refractivity contribution < 1.29 is 18.8 Å². The smallest absolute Gasteiger partial charge is 0.249 e. The fraction of sp³-hybridized carbons (Fsp3) is 0.500. The van der Waals surface area contributed by atoms with E-state index < -0.39 is 0 Å². The van der Waals surface area contributed by atoms with Crippen LogP contribution in [0.1, 0.15) is 31.2 Å². The second-order valence-electron chi connectivity index (χ2n) is 7.00. The predicted octanol–water partition coefficient (Wildman–Crippen LogP) is 3.27. The van der Waals surface area contributed by atoms with E-state index in [9.17, 15) is 9.59 Å². The Balaban J connectivity index is 1.75. The SMILES string of the molecule is COCCN(CC(=O)N1CCCCC1c1nc(-c2ccc(Br)cc2)no1)C(=O)CCl. The van der Waals surface area contributed by atoms with E-state index in [2.05, 4.69) is 26.1 Å². The fourth-order valence-electron chi connectivity index (χ4n) is 3.41. The average Bonchev–Trinajstić information content (AvgIpc) is 3.26. The highest BCUT2D eigenvalue weighted by molar-refractivity contribution is 9.10. The van der Waals surface area contributed by atoms with E-state index in [-0.39, 0.29) is 30.3 Å². The van der Waals surface area contributed by atoms with Gasteiger partial charge in [-0.15, -0.1) is 11.6 Å². The quantitative estimate of drug-likeness (QED) is 0.518.